The number of alkyl halides is 3. The van der Waals surface area contributed by atoms with E-state index in [-0.39, 0.29) is 6.42 Å². The van der Waals surface area contributed by atoms with Crippen molar-refractivity contribution in [2.75, 3.05) is 0 Å². The fraction of sp³-hybridized carbons (Fsp3) is 0.214. The average molecular weight is 363 g/mol. The van der Waals surface area contributed by atoms with E-state index in [1.165, 1.54) is 12.1 Å². The van der Waals surface area contributed by atoms with E-state index in [0.717, 1.165) is 12.3 Å². The highest BCUT2D eigenvalue weighted by molar-refractivity contribution is 9.10. The van der Waals surface area contributed by atoms with Gasteiger partial charge in [-0.25, -0.2) is 4.39 Å². The molecular weight excluding hydrogens is 352 g/mol. The molecule has 112 valence electrons. The summed E-state index contributed by atoms with van der Waals surface area (Å²) in [6.07, 6.45) is -3.42. The van der Waals surface area contributed by atoms with E-state index in [2.05, 4.69) is 20.9 Å². The zero-order chi connectivity index (χ0) is 15.6. The van der Waals surface area contributed by atoms with E-state index < -0.39 is 23.6 Å². The van der Waals surface area contributed by atoms with Gasteiger partial charge in [0.15, 0.2) is 0 Å². The summed E-state index contributed by atoms with van der Waals surface area (Å²) in [5, 5.41) is 0. The molecule has 2 aromatic rings. The van der Waals surface area contributed by atoms with E-state index in [0.29, 0.717) is 15.7 Å². The van der Waals surface area contributed by atoms with Crippen molar-refractivity contribution in [2.24, 2.45) is 5.73 Å². The maximum absolute atomic E-state index is 13.4. The monoisotopic (exact) mass is 362 g/mol. The van der Waals surface area contributed by atoms with Crippen LogP contribution < -0.4 is 5.73 Å². The van der Waals surface area contributed by atoms with Crippen molar-refractivity contribution in [1.82, 2.24) is 4.98 Å². The molecule has 7 heteroatoms. The molecule has 0 aliphatic heterocycles. The Labute approximate surface area is 127 Å². The number of pyridine rings is 1. The van der Waals surface area contributed by atoms with Gasteiger partial charge in [0.2, 0.25) is 0 Å². The number of nitrogens with two attached hydrogens (primary N) is 1. The molecule has 2 N–H and O–H groups in total. The lowest BCUT2D eigenvalue weighted by molar-refractivity contribution is -0.137. The maximum Gasteiger partial charge on any atom is 0.417 e. The number of nitrogens with zero attached hydrogens (tertiary/aromatic N) is 1. The third-order valence-electron chi connectivity index (χ3n) is 2.96. The second-order valence-electron chi connectivity index (χ2n) is 4.49. The molecule has 0 radical (unpaired) electrons. The third kappa shape index (κ3) is 3.79. The van der Waals surface area contributed by atoms with E-state index in [4.69, 9.17) is 5.73 Å². The van der Waals surface area contributed by atoms with Crippen LogP contribution in [0.3, 0.4) is 0 Å². The van der Waals surface area contributed by atoms with Crippen LogP contribution in [0.25, 0.3) is 0 Å². The van der Waals surface area contributed by atoms with Gasteiger partial charge in [-0.1, -0.05) is 12.1 Å². The smallest absolute Gasteiger partial charge is 0.322 e. The normalized spacial score (nSPS) is 13.2. The molecule has 21 heavy (non-hydrogen) atoms. The van der Waals surface area contributed by atoms with E-state index >= 15 is 0 Å². The quantitative estimate of drug-likeness (QED) is 0.829. The van der Waals surface area contributed by atoms with Crippen LogP contribution in [0.5, 0.6) is 0 Å². The number of hydrogen-bond donors (Lipinski definition) is 1. The Morgan fingerprint density at radius 1 is 1.19 bits per heavy atom. The Hall–Kier alpha value is -1.47. The van der Waals surface area contributed by atoms with E-state index in [1.807, 2.05) is 0 Å². The minimum atomic E-state index is -4.43. The van der Waals surface area contributed by atoms with Crippen molar-refractivity contribution in [3.63, 3.8) is 0 Å². The van der Waals surface area contributed by atoms with Crippen LogP contribution in [0.15, 0.2) is 41.0 Å². The van der Waals surface area contributed by atoms with Crippen LogP contribution in [-0.4, -0.2) is 4.98 Å². The molecular formula is C14H11BrF4N2. The van der Waals surface area contributed by atoms with Gasteiger partial charge in [0, 0.05) is 6.20 Å². The number of rotatable bonds is 3. The molecule has 0 aliphatic rings. The van der Waals surface area contributed by atoms with Gasteiger partial charge in [-0.3, -0.25) is 4.98 Å². The second kappa shape index (κ2) is 6.11. The Bertz CT molecular complexity index is 626. The molecule has 1 heterocycles. The highest BCUT2D eigenvalue weighted by atomic mass is 79.9. The molecule has 0 saturated heterocycles. The third-order valence-corrected chi connectivity index (χ3v) is 3.85. The molecule has 1 aromatic heterocycles. The molecule has 0 amide bonds. The van der Waals surface area contributed by atoms with Gasteiger partial charge in [0.05, 0.1) is 21.8 Å². The van der Waals surface area contributed by atoms with E-state index in [9.17, 15) is 17.6 Å². The molecule has 0 fully saturated rings. The van der Waals surface area contributed by atoms with Gasteiger partial charge in [-0.2, -0.15) is 13.2 Å². The van der Waals surface area contributed by atoms with Gasteiger partial charge >= 0.3 is 6.18 Å². The number of benzene rings is 1. The number of halogens is 5. The molecule has 0 bridgehead atoms. The van der Waals surface area contributed by atoms with Crippen molar-refractivity contribution in [3.05, 3.63) is 63.6 Å². The Kier molecular flexibility index (Phi) is 4.63. The Balaban J connectivity index is 2.17. The average Bonchev–Trinajstić information content (AvgIpc) is 2.43. The number of aromatic nitrogens is 1. The predicted octanol–water partition coefficient (Wildman–Crippen LogP) is 4.24. The summed E-state index contributed by atoms with van der Waals surface area (Å²) >= 11 is 3.12. The molecule has 0 aliphatic carbocycles. The van der Waals surface area contributed by atoms with Crippen LogP contribution in [0.2, 0.25) is 0 Å². The summed E-state index contributed by atoms with van der Waals surface area (Å²) in [4.78, 5) is 3.74. The lowest BCUT2D eigenvalue weighted by Crippen LogP contribution is -2.16. The molecule has 1 atom stereocenters. The SMILES string of the molecule is NC(Cc1cccc(F)c1Br)c1ccc(C(F)(F)F)cn1. The van der Waals surface area contributed by atoms with Crippen LogP contribution in [-0.2, 0) is 12.6 Å². The highest BCUT2D eigenvalue weighted by Crippen LogP contribution is 2.29. The van der Waals surface area contributed by atoms with Gasteiger partial charge in [0.1, 0.15) is 5.82 Å². The predicted molar refractivity (Wildman–Crippen MR) is 74.0 cm³/mol. The van der Waals surface area contributed by atoms with Crippen molar-refractivity contribution in [2.45, 2.75) is 18.6 Å². The molecule has 1 unspecified atom stereocenters. The van der Waals surface area contributed by atoms with Gasteiger partial charge < -0.3 is 5.73 Å². The summed E-state index contributed by atoms with van der Waals surface area (Å²) in [5.74, 6) is -0.417. The van der Waals surface area contributed by atoms with E-state index in [1.54, 1.807) is 12.1 Å². The Morgan fingerprint density at radius 2 is 1.90 bits per heavy atom. The molecule has 1 aromatic carbocycles. The lowest BCUT2D eigenvalue weighted by atomic mass is 10.0. The first kappa shape index (κ1) is 15.9. The van der Waals surface area contributed by atoms with Crippen LogP contribution in [0.4, 0.5) is 17.6 Å². The standard InChI is InChI=1S/C14H11BrF4N2/c15-13-8(2-1-3-10(13)16)6-11(20)12-5-4-9(7-21-12)14(17,18)19/h1-5,7,11H,6,20H2. The highest BCUT2D eigenvalue weighted by Gasteiger charge is 2.30. The van der Waals surface area contributed by atoms with Crippen LogP contribution in [0, 0.1) is 5.82 Å². The summed E-state index contributed by atoms with van der Waals surface area (Å²) in [6, 6.07) is 6.09. The molecule has 2 rings (SSSR count). The first-order chi connectivity index (χ1) is 9.79. The summed E-state index contributed by atoms with van der Waals surface area (Å²) in [7, 11) is 0. The van der Waals surface area contributed by atoms with Crippen molar-refractivity contribution in [1.29, 1.82) is 0 Å². The fourth-order valence-electron chi connectivity index (χ4n) is 1.84. The Morgan fingerprint density at radius 3 is 2.48 bits per heavy atom. The minimum absolute atomic E-state index is 0.261. The van der Waals surface area contributed by atoms with Gasteiger partial charge in [-0.15, -0.1) is 0 Å². The van der Waals surface area contributed by atoms with Crippen molar-refractivity contribution >= 4 is 15.9 Å². The first-order valence-corrected chi connectivity index (χ1v) is 6.80. The van der Waals surface area contributed by atoms with Crippen LogP contribution >= 0.6 is 15.9 Å². The maximum atomic E-state index is 13.4. The largest absolute Gasteiger partial charge is 0.417 e. The minimum Gasteiger partial charge on any atom is -0.322 e. The summed E-state index contributed by atoms with van der Waals surface area (Å²) in [6.45, 7) is 0. The zero-order valence-electron chi connectivity index (χ0n) is 10.7. The van der Waals surface area contributed by atoms with Gasteiger partial charge in [0.25, 0.3) is 0 Å². The second-order valence-corrected chi connectivity index (χ2v) is 5.29. The fourth-order valence-corrected chi connectivity index (χ4v) is 2.27. The number of hydrogen-bond acceptors (Lipinski definition) is 2. The zero-order valence-corrected chi connectivity index (χ0v) is 12.2. The van der Waals surface area contributed by atoms with Crippen molar-refractivity contribution < 1.29 is 17.6 Å². The topological polar surface area (TPSA) is 38.9 Å². The summed E-state index contributed by atoms with van der Waals surface area (Å²) in [5.41, 5.74) is 6.04. The van der Waals surface area contributed by atoms with Crippen LogP contribution in [0.1, 0.15) is 22.9 Å². The molecule has 2 nitrogen and oxygen atoms in total. The van der Waals surface area contributed by atoms with Gasteiger partial charge in [-0.05, 0) is 46.1 Å². The molecule has 0 spiro atoms. The lowest BCUT2D eigenvalue weighted by Gasteiger charge is -2.14. The summed E-state index contributed by atoms with van der Waals surface area (Å²) < 4.78 is 51.0. The molecule has 0 saturated carbocycles. The van der Waals surface area contributed by atoms with Crippen molar-refractivity contribution in [3.8, 4) is 0 Å². The first-order valence-electron chi connectivity index (χ1n) is 6.00.